The highest BCUT2D eigenvalue weighted by Crippen LogP contribution is 2.29. The summed E-state index contributed by atoms with van der Waals surface area (Å²) in [7, 11) is 1.43. The van der Waals surface area contributed by atoms with Crippen molar-refractivity contribution < 1.29 is 19.4 Å². The molecule has 0 aliphatic heterocycles. The van der Waals surface area contributed by atoms with Crippen molar-refractivity contribution in [2.75, 3.05) is 13.7 Å². The Hall–Kier alpha value is -1.71. The van der Waals surface area contributed by atoms with Crippen LogP contribution in [0.5, 0.6) is 11.5 Å². The fraction of sp³-hybridized carbons (Fsp3) is 0.364. The Kier molecular flexibility index (Phi) is 3.55. The highest BCUT2D eigenvalue weighted by molar-refractivity contribution is 5.92. The minimum Gasteiger partial charge on any atom is -0.504 e. The van der Waals surface area contributed by atoms with Crippen LogP contribution in [0.2, 0.25) is 0 Å². The summed E-state index contributed by atoms with van der Waals surface area (Å²) in [6, 6.07) is 2.95. The number of aromatic hydroxyl groups is 1. The lowest BCUT2D eigenvalue weighted by molar-refractivity contribution is 0.0525. The van der Waals surface area contributed by atoms with Gasteiger partial charge in [-0.2, -0.15) is 0 Å². The van der Waals surface area contributed by atoms with Gasteiger partial charge in [0.15, 0.2) is 11.5 Å². The molecule has 0 aromatic heterocycles. The zero-order valence-electron chi connectivity index (χ0n) is 9.03. The van der Waals surface area contributed by atoms with Crippen molar-refractivity contribution >= 4 is 5.97 Å². The van der Waals surface area contributed by atoms with Gasteiger partial charge in [0.25, 0.3) is 0 Å². The quantitative estimate of drug-likeness (QED) is 0.774. The predicted octanol–water partition coefficient (Wildman–Crippen LogP) is 1.89. The zero-order chi connectivity index (χ0) is 11.4. The van der Waals surface area contributed by atoms with Crippen LogP contribution in [0.1, 0.15) is 22.8 Å². The molecule has 0 saturated carbocycles. The number of benzene rings is 1. The number of carbonyl (C=O) groups excluding carboxylic acids is 1. The van der Waals surface area contributed by atoms with Gasteiger partial charge in [-0.3, -0.25) is 0 Å². The highest BCUT2D eigenvalue weighted by Gasteiger charge is 2.14. The first-order valence-corrected chi connectivity index (χ1v) is 4.64. The summed E-state index contributed by atoms with van der Waals surface area (Å²) in [5.41, 5.74) is 1.07. The van der Waals surface area contributed by atoms with E-state index in [0.717, 1.165) is 0 Å². The number of ether oxygens (including phenoxy) is 2. The molecule has 1 aromatic rings. The van der Waals surface area contributed by atoms with Gasteiger partial charge in [0.2, 0.25) is 0 Å². The van der Waals surface area contributed by atoms with E-state index in [1.807, 2.05) is 0 Å². The average molecular weight is 210 g/mol. The Morgan fingerprint density at radius 3 is 2.67 bits per heavy atom. The van der Waals surface area contributed by atoms with E-state index < -0.39 is 5.97 Å². The maximum Gasteiger partial charge on any atom is 0.338 e. The summed E-state index contributed by atoms with van der Waals surface area (Å²) >= 11 is 0. The Morgan fingerprint density at radius 1 is 1.47 bits per heavy atom. The first kappa shape index (κ1) is 11.4. The standard InChI is InChI=1S/C11H14O4/c1-4-15-11(13)8-6-10(14-3)9(12)5-7(8)2/h5-6,12H,4H2,1-3H3. The summed E-state index contributed by atoms with van der Waals surface area (Å²) in [4.78, 5) is 11.5. The molecule has 1 N–H and O–H groups in total. The van der Waals surface area contributed by atoms with Crippen molar-refractivity contribution in [3.8, 4) is 11.5 Å². The van der Waals surface area contributed by atoms with Crippen molar-refractivity contribution in [2.45, 2.75) is 13.8 Å². The monoisotopic (exact) mass is 210 g/mol. The lowest BCUT2D eigenvalue weighted by atomic mass is 10.1. The largest absolute Gasteiger partial charge is 0.504 e. The predicted molar refractivity (Wildman–Crippen MR) is 55.4 cm³/mol. The van der Waals surface area contributed by atoms with E-state index in [4.69, 9.17) is 9.47 Å². The van der Waals surface area contributed by atoms with Crippen molar-refractivity contribution in [3.05, 3.63) is 23.3 Å². The number of methoxy groups -OCH3 is 1. The van der Waals surface area contributed by atoms with Gasteiger partial charge in [-0.1, -0.05) is 0 Å². The van der Waals surface area contributed by atoms with Crippen LogP contribution >= 0.6 is 0 Å². The van der Waals surface area contributed by atoms with E-state index in [1.165, 1.54) is 19.2 Å². The molecular weight excluding hydrogens is 196 g/mol. The number of rotatable bonds is 3. The van der Waals surface area contributed by atoms with Gasteiger partial charge in [0, 0.05) is 0 Å². The van der Waals surface area contributed by atoms with Gasteiger partial charge in [0.1, 0.15) is 0 Å². The highest BCUT2D eigenvalue weighted by atomic mass is 16.5. The fourth-order valence-corrected chi connectivity index (χ4v) is 1.27. The van der Waals surface area contributed by atoms with Gasteiger partial charge < -0.3 is 14.6 Å². The third-order valence-electron chi connectivity index (χ3n) is 2.02. The molecule has 4 nitrogen and oxygen atoms in total. The number of phenols is 1. The number of hydrogen-bond donors (Lipinski definition) is 1. The van der Waals surface area contributed by atoms with Gasteiger partial charge >= 0.3 is 5.97 Å². The first-order chi connectivity index (χ1) is 7.10. The van der Waals surface area contributed by atoms with E-state index in [1.54, 1.807) is 13.8 Å². The van der Waals surface area contributed by atoms with E-state index in [9.17, 15) is 9.90 Å². The van der Waals surface area contributed by atoms with Gasteiger partial charge in [-0.05, 0) is 31.5 Å². The van der Waals surface area contributed by atoms with Crippen LogP contribution in [0.15, 0.2) is 12.1 Å². The number of carbonyl (C=O) groups is 1. The van der Waals surface area contributed by atoms with Crippen LogP contribution in [0.4, 0.5) is 0 Å². The van der Waals surface area contributed by atoms with Crippen LogP contribution in [0.25, 0.3) is 0 Å². The maximum absolute atomic E-state index is 11.5. The van der Waals surface area contributed by atoms with Crippen molar-refractivity contribution in [2.24, 2.45) is 0 Å². The second-order valence-electron chi connectivity index (χ2n) is 3.06. The number of phenolic OH excluding ortho intramolecular Hbond substituents is 1. The van der Waals surface area contributed by atoms with Crippen LogP contribution < -0.4 is 4.74 Å². The van der Waals surface area contributed by atoms with Crippen LogP contribution in [0.3, 0.4) is 0 Å². The maximum atomic E-state index is 11.5. The molecule has 0 heterocycles. The summed E-state index contributed by atoms with van der Waals surface area (Å²) in [6.45, 7) is 3.79. The molecule has 0 spiro atoms. The van der Waals surface area contributed by atoms with Gasteiger partial charge in [-0.25, -0.2) is 4.79 Å². The third kappa shape index (κ3) is 2.40. The van der Waals surface area contributed by atoms with Crippen molar-refractivity contribution in [1.82, 2.24) is 0 Å². The second-order valence-corrected chi connectivity index (χ2v) is 3.06. The molecule has 0 bridgehead atoms. The van der Waals surface area contributed by atoms with Crippen molar-refractivity contribution in [3.63, 3.8) is 0 Å². The molecule has 15 heavy (non-hydrogen) atoms. The van der Waals surface area contributed by atoms with E-state index >= 15 is 0 Å². The number of hydrogen-bond acceptors (Lipinski definition) is 4. The number of esters is 1. The topological polar surface area (TPSA) is 55.8 Å². The van der Waals surface area contributed by atoms with E-state index in [0.29, 0.717) is 17.7 Å². The minimum absolute atomic E-state index is 0.0167. The molecule has 1 rings (SSSR count). The molecule has 4 heteroatoms. The Morgan fingerprint density at radius 2 is 2.13 bits per heavy atom. The normalized spacial score (nSPS) is 9.80. The van der Waals surface area contributed by atoms with Gasteiger partial charge in [-0.15, -0.1) is 0 Å². The van der Waals surface area contributed by atoms with Crippen LogP contribution in [0, 0.1) is 6.92 Å². The summed E-state index contributed by atoms with van der Waals surface area (Å²) < 4.78 is 9.78. The molecule has 1 aromatic carbocycles. The third-order valence-corrected chi connectivity index (χ3v) is 2.02. The molecule has 0 aliphatic carbocycles. The molecule has 0 aliphatic rings. The number of aryl methyl sites for hydroxylation is 1. The SMILES string of the molecule is CCOC(=O)c1cc(OC)c(O)cc1C. The fourth-order valence-electron chi connectivity index (χ4n) is 1.27. The van der Waals surface area contributed by atoms with E-state index in [2.05, 4.69) is 0 Å². The molecule has 0 radical (unpaired) electrons. The molecule has 0 atom stereocenters. The van der Waals surface area contributed by atoms with Crippen LogP contribution in [-0.2, 0) is 4.74 Å². The lowest BCUT2D eigenvalue weighted by Crippen LogP contribution is -2.07. The summed E-state index contributed by atoms with van der Waals surface area (Å²) in [5, 5.41) is 9.45. The van der Waals surface area contributed by atoms with E-state index in [-0.39, 0.29) is 11.5 Å². The summed E-state index contributed by atoms with van der Waals surface area (Å²) in [6.07, 6.45) is 0. The molecule has 0 fully saturated rings. The Bertz CT molecular complexity index is 371. The smallest absolute Gasteiger partial charge is 0.338 e. The molecule has 82 valence electrons. The summed E-state index contributed by atoms with van der Waals surface area (Å²) in [5.74, 6) is -0.125. The lowest BCUT2D eigenvalue weighted by Gasteiger charge is -2.09. The van der Waals surface area contributed by atoms with Crippen molar-refractivity contribution in [1.29, 1.82) is 0 Å². The Balaban J connectivity index is 3.12. The second kappa shape index (κ2) is 4.68. The Labute approximate surface area is 88.4 Å². The van der Waals surface area contributed by atoms with Gasteiger partial charge in [0.05, 0.1) is 19.3 Å². The minimum atomic E-state index is -0.409. The molecule has 0 amide bonds. The average Bonchev–Trinajstić information content (AvgIpc) is 2.18. The van der Waals surface area contributed by atoms with Crippen LogP contribution in [-0.4, -0.2) is 24.8 Å². The zero-order valence-corrected chi connectivity index (χ0v) is 9.03. The molecular formula is C11H14O4. The molecule has 0 unspecified atom stereocenters. The molecule has 0 saturated heterocycles. The first-order valence-electron chi connectivity index (χ1n) is 4.64.